The standard InChI is InChI=1S/C32H28O8/c33-29(35-23-31(37-25-13-5-1-6-14-25)38-26-15-7-2-8-16-26)21-22-30(34)36-24-32(39-27-17-9-3-10-18-27)40-28-19-11-4-12-20-28/h1-22,31-32H,23-24H2/b22-21-. The average molecular weight is 541 g/mol. The van der Waals surface area contributed by atoms with E-state index in [0.717, 1.165) is 12.2 Å². The minimum atomic E-state index is -0.917. The molecule has 0 amide bonds. The molecule has 0 aromatic heterocycles. The van der Waals surface area contributed by atoms with Gasteiger partial charge in [0.25, 0.3) is 12.6 Å². The molecule has 4 rings (SSSR count). The highest BCUT2D eigenvalue weighted by Crippen LogP contribution is 2.17. The maximum atomic E-state index is 12.3. The molecule has 0 bridgehead atoms. The molecular formula is C32H28O8. The summed E-state index contributed by atoms with van der Waals surface area (Å²) in [4.78, 5) is 24.6. The Bertz CT molecular complexity index is 1140. The number of para-hydroxylation sites is 4. The van der Waals surface area contributed by atoms with Crippen molar-refractivity contribution >= 4 is 11.9 Å². The van der Waals surface area contributed by atoms with E-state index in [1.807, 2.05) is 72.8 Å². The summed E-state index contributed by atoms with van der Waals surface area (Å²) in [6.07, 6.45) is 0.103. The molecule has 0 atom stereocenters. The summed E-state index contributed by atoms with van der Waals surface area (Å²) in [6.45, 7) is -0.445. The first-order valence-electron chi connectivity index (χ1n) is 12.5. The van der Waals surface area contributed by atoms with E-state index < -0.39 is 24.5 Å². The predicted molar refractivity (Wildman–Crippen MR) is 147 cm³/mol. The van der Waals surface area contributed by atoms with E-state index in [1.165, 1.54) is 0 Å². The molecule has 4 aromatic carbocycles. The summed E-state index contributed by atoms with van der Waals surface area (Å²) in [7, 11) is 0. The van der Waals surface area contributed by atoms with Crippen molar-refractivity contribution in [3.63, 3.8) is 0 Å². The van der Waals surface area contributed by atoms with Gasteiger partial charge in [0, 0.05) is 12.2 Å². The van der Waals surface area contributed by atoms with E-state index in [-0.39, 0.29) is 13.2 Å². The molecule has 0 heterocycles. The minimum Gasteiger partial charge on any atom is -0.455 e. The Labute approximate surface area is 232 Å². The number of ether oxygens (including phenoxy) is 6. The zero-order chi connectivity index (χ0) is 27.8. The Morgan fingerprint density at radius 2 is 0.700 bits per heavy atom. The highest BCUT2D eigenvalue weighted by Gasteiger charge is 2.17. The molecule has 0 N–H and O–H groups in total. The molecule has 204 valence electrons. The lowest BCUT2D eigenvalue weighted by atomic mass is 10.3. The monoisotopic (exact) mass is 540 g/mol. The van der Waals surface area contributed by atoms with Crippen molar-refractivity contribution in [3.05, 3.63) is 133 Å². The summed E-state index contributed by atoms with van der Waals surface area (Å²) >= 11 is 0. The second-order valence-electron chi connectivity index (χ2n) is 8.18. The molecule has 0 radical (unpaired) electrons. The summed E-state index contributed by atoms with van der Waals surface area (Å²) in [5, 5.41) is 0. The fraction of sp³-hybridized carbons (Fsp3) is 0.125. The number of rotatable bonds is 14. The Hall–Kier alpha value is -5.24. The summed E-state index contributed by atoms with van der Waals surface area (Å²) < 4.78 is 33.8. The van der Waals surface area contributed by atoms with Gasteiger partial charge in [0.05, 0.1) is 0 Å². The number of hydrogen-bond acceptors (Lipinski definition) is 8. The topological polar surface area (TPSA) is 89.5 Å². The highest BCUT2D eigenvalue weighted by atomic mass is 16.7. The fourth-order valence-electron chi connectivity index (χ4n) is 3.32. The van der Waals surface area contributed by atoms with Crippen LogP contribution in [0.1, 0.15) is 0 Å². The van der Waals surface area contributed by atoms with Crippen molar-refractivity contribution in [2.45, 2.75) is 12.6 Å². The number of hydrogen-bond donors (Lipinski definition) is 0. The van der Waals surface area contributed by atoms with Gasteiger partial charge in [0.15, 0.2) is 13.2 Å². The van der Waals surface area contributed by atoms with Crippen LogP contribution in [0.4, 0.5) is 0 Å². The van der Waals surface area contributed by atoms with Gasteiger partial charge in [-0.15, -0.1) is 0 Å². The zero-order valence-corrected chi connectivity index (χ0v) is 21.5. The molecule has 0 saturated carbocycles. The SMILES string of the molecule is O=C(/C=C\C(=O)OCC(Oc1ccccc1)Oc1ccccc1)OCC(Oc1ccccc1)Oc1ccccc1. The number of carbonyl (C=O) groups is 2. The first-order valence-corrected chi connectivity index (χ1v) is 12.5. The Balaban J connectivity index is 1.28. The van der Waals surface area contributed by atoms with Crippen LogP contribution in [0.25, 0.3) is 0 Å². The maximum absolute atomic E-state index is 12.3. The lowest BCUT2D eigenvalue weighted by Gasteiger charge is -2.20. The molecule has 0 aliphatic carbocycles. The third-order valence-electron chi connectivity index (χ3n) is 5.12. The van der Waals surface area contributed by atoms with Crippen molar-refractivity contribution < 1.29 is 38.0 Å². The Morgan fingerprint density at radius 3 is 0.950 bits per heavy atom. The van der Waals surface area contributed by atoms with Gasteiger partial charge in [-0.2, -0.15) is 0 Å². The van der Waals surface area contributed by atoms with Crippen LogP contribution in [-0.4, -0.2) is 37.7 Å². The molecule has 0 aliphatic rings. The smallest absolute Gasteiger partial charge is 0.331 e. The van der Waals surface area contributed by atoms with Gasteiger partial charge in [-0.05, 0) is 48.5 Å². The van der Waals surface area contributed by atoms with Gasteiger partial charge in [0.1, 0.15) is 23.0 Å². The van der Waals surface area contributed by atoms with E-state index in [4.69, 9.17) is 28.4 Å². The van der Waals surface area contributed by atoms with Crippen LogP contribution in [0.15, 0.2) is 133 Å². The van der Waals surface area contributed by atoms with Gasteiger partial charge in [0.2, 0.25) is 0 Å². The maximum Gasteiger partial charge on any atom is 0.331 e. The molecule has 0 fully saturated rings. The zero-order valence-electron chi connectivity index (χ0n) is 21.5. The van der Waals surface area contributed by atoms with Gasteiger partial charge >= 0.3 is 11.9 Å². The number of esters is 2. The van der Waals surface area contributed by atoms with E-state index in [9.17, 15) is 9.59 Å². The van der Waals surface area contributed by atoms with Crippen LogP contribution in [0, 0.1) is 0 Å². The van der Waals surface area contributed by atoms with Crippen molar-refractivity contribution in [1.82, 2.24) is 0 Å². The lowest BCUT2D eigenvalue weighted by molar-refractivity contribution is -0.148. The first kappa shape index (κ1) is 27.8. The second-order valence-corrected chi connectivity index (χ2v) is 8.18. The van der Waals surface area contributed by atoms with Crippen molar-refractivity contribution in [2.24, 2.45) is 0 Å². The fourth-order valence-corrected chi connectivity index (χ4v) is 3.32. The third kappa shape index (κ3) is 9.90. The highest BCUT2D eigenvalue weighted by molar-refractivity contribution is 5.91. The van der Waals surface area contributed by atoms with Crippen LogP contribution < -0.4 is 18.9 Å². The number of benzene rings is 4. The van der Waals surface area contributed by atoms with Crippen LogP contribution in [0.2, 0.25) is 0 Å². The van der Waals surface area contributed by atoms with Crippen molar-refractivity contribution in [1.29, 1.82) is 0 Å². The van der Waals surface area contributed by atoms with Crippen LogP contribution in [0.5, 0.6) is 23.0 Å². The van der Waals surface area contributed by atoms with Crippen molar-refractivity contribution in [3.8, 4) is 23.0 Å². The quantitative estimate of drug-likeness (QED) is 0.116. The lowest BCUT2D eigenvalue weighted by Crippen LogP contribution is -2.31. The van der Waals surface area contributed by atoms with E-state index in [0.29, 0.717) is 23.0 Å². The molecule has 0 aliphatic heterocycles. The molecule has 8 nitrogen and oxygen atoms in total. The van der Waals surface area contributed by atoms with Crippen LogP contribution in [-0.2, 0) is 19.1 Å². The molecule has 4 aromatic rings. The van der Waals surface area contributed by atoms with Gasteiger partial charge in [-0.25, -0.2) is 9.59 Å². The summed E-state index contributed by atoms with van der Waals surface area (Å²) in [6, 6.07) is 36.0. The van der Waals surface area contributed by atoms with E-state index >= 15 is 0 Å². The molecule has 0 saturated heterocycles. The van der Waals surface area contributed by atoms with Crippen LogP contribution in [0.3, 0.4) is 0 Å². The summed E-state index contributed by atoms with van der Waals surface area (Å²) in [5.74, 6) is 0.639. The van der Waals surface area contributed by atoms with Gasteiger partial charge < -0.3 is 28.4 Å². The average Bonchev–Trinajstić information content (AvgIpc) is 2.99. The van der Waals surface area contributed by atoms with Gasteiger partial charge in [-0.1, -0.05) is 72.8 Å². The van der Waals surface area contributed by atoms with Gasteiger partial charge in [-0.3, -0.25) is 0 Å². The first-order chi connectivity index (χ1) is 19.6. The predicted octanol–water partition coefficient (Wildman–Crippen LogP) is 5.60. The third-order valence-corrected chi connectivity index (χ3v) is 5.12. The largest absolute Gasteiger partial charge is 0.455 e. The normalized spacial score (nSPS) is 10.8. The number of carbonyl (C=O) groups excluding carboxylic acids is 2. The molecule has 8 heteroatoms. The Morgan fingerprint density at radius 1 is 0.450 bits per heavy atom. The molecular weight excluding hydrogens is 512 g/mol. The molecule has 0 unspecified atom stereocenters. The van der Waals surface area contributed by atoms with E-state index in [1.54, 1.807) is 48.5 Å². The Kier molecular flexibility index (Phi) is 10.6. The summed E-state index contributed by atoms with van der Waals surface area (Å²) in [5.41, 5.74) is 0. The minimum absolute atomic E-state index is 0.222. The van der Waals surface area contributed by atoms with Crippen LogP contribution >= 0.6 is 0 Å². The molecule has 40 heavy (non-hydrogen) atoms. The molecule has 0 spiro atoms. The van der Waals surface area contributed by atoms with Crippen molar-refractivity contribution in [2.75, 3.05) is 13.2 Å². The second kappa shape index (κ2) is 15.2. The van der Waals surface area contributed by atoms with E-state index in [2.05, 4.69) is 0 Å².